The molecule has 1 heterocycles. The van der Waals surface area contributed by atoms with E-state index in [9.17, 15) is 14.7 Å². The molecular formula is C15H21NO3. The van der Waals surface area contributed by atoms with Crippen molar-refractivity contribution < 1.29 is 14.7 Å². The van der Waals surface area contributed by atoms with Crippen LogP contribution in [0.25, 0.3) is 0 Å². The van der Waals surface area contributed by atoms with E-state index in [0.29, 0.717) is 12.3 Å². The zero-order chi connectivity index (χ0) is 13.7. The minimum atomic E-state index is -0.343. The lowest BCUT2D eigenvalue weighted by atomic mass is 9.85. The summed E-state index contributed by atoms with van der Waals surface area (Å²) < 4.78 is 0. The molecule has 3 aliphatic rings. The Labute approximate surface area is 113 Å². The SMILES string of the molecule is CC(C)CC(CO)N1C(=O)C2C3C=CC(C3)C2C1=O. The van der Waals surface area contributed by atoms with Crippen LogP contribution >= 0.6 is 0 Å². The van der Waals surface area contributed by atoms with E-state index in [1.54, 1.807) is 0 Å². The second-order valence-electron chi connectivity index (χ2n) is 6.51. The molecule has 2 amide bonds. The summed E-state index contributed by atoms with van der Waals surface area (Å²) in [7, 11) is 0. The number of rotatable bonds is 4. The first-order chi connectivity index (χ1) is 9.04. The molecule has 1 saturated heterocycles. The fraction of sp³-hybridized carbons (Fsp3) is 0.733. The normalized spacial score (nSPS) is 37.6. The van der Waals surface area contributed by atoms with Crippen LogP contribution in [0.4, 0.5) is 0 Å². The van der Waals surface area contributed by atoms with Gasteiger partial charge < -0.3 is 5.11 Å². The van der Waals surface area contributed by atoms with Gasteiger partial charge in [-0.25, -0.2) is 0 Å². The largest absolute Gasteiger partial charge is 0.394 e. The minimum absolute atomic E-state index is 0.0495. The monoisotopic (exact) mass is 263 g/mol. The van der Waals surface area contributed by atoms with Crippen molar-refractivity contribution in [1.29, 1.82) is 0 Å². The Morgan fingerprint density at radius 1 is 1.21 bits per heavy atom. The van der Waals surface area contributed by atoms with Crippen molar-refractivity contribution in [2.24, 2.45) is 29.6 Å². The van der Waals surface area contributed by atoms with Gasteiger partial charge in [0.2, 0.25) is 11.8 Å². The topological polar surface area (TPSA) is 57.6 Å². The van der Waals surface area contributed by atoms with Crippen LogP contribution in [0.15, 0.2) is 12.2 Å². The molecule has 5 atom stereocenters. The standard InChI is InChI=1S/C15H21NO3/c1-8(2)5-11(7-17)16-14(18)12-9-3-4-10(6-9)13(12)15(16)19/h3-4,8-13,17H,5-7H2,1-2H3. The molecule has 1 saturated carbocycles. The molecule has 5 unspecified atom stereocenters. The molecule has 3 rings (SSSR count). The second-order valence-corrected chi connectivity index (χ2v) is 6.51. The molecule has 0 spiro atoms. The number of likely N-dealkylation sites (tertiary alicyclic amines) is 1. The van der Waals surface area contributed by atoms with Gasteiger partial charge >= 0.3 is 0 Å². The van der Waals surface area contributed by atoms with Gasteiger partial charge in [0.1, 0.15) is 0 Å². The molecule has 0 radical (unpaired) electrons. The maximum Gasteiger partial charge on any atom is 0.234 e. The maximum absolute atomic E-state index is 12.5. The summed E-state index contributed by atoms with van der Waals surface area (Å²) in [6.07, 6.45) is 5.82. The zero-order valence-corrected chi connectivity index (χ0v) is 11.5. The third-order valence-electron chi connectivity index (χ3n) is 4.82. The minimum Gasteiger partial charge on any atom is -0.394 e. The summed E-state index contributed by atoms with van der Waals surface area (Å²) in [5.41, 5.74) is 0. The molecule has 0 aromatic heterocycles. The molecule has 1 aliphatic heterocycles. The molecule has 0 aromatic carbocycles. The first-order valence-corrected chi connectivity index (χ1v) is 7.20. The third-order valence-corrected chi connectivity index (χ3v) is 4.82. The van der Waals surface area contributed by atoms with Gasteiger partial charge in [-0.15, -0.1) is 0 Å². The molecular weight excluding hydrogens is 242 g/mol. The lowest BCUT2D eigenvalue weighted by Gasteiger charge is -2.27. The van der Waals surface area contributed by atoms with Gasteiger partial charge in [0.25, 0.3) is 0 Å². The Hall–Kier alpha value is -1.16. The molecule has 19 heavy (non-hydrogen) atoms. The molecule has 2 aliphatic carbocycles. The molecule has 4 nitrogen and oxygen atoms in total. The van der Waals surface area contributed by atoms with Crippen molar-refractivity contribution in [1.82, 2.24) is 4.90 Å². The van der Waals surface area contributed by atoms with E-state index in [1.165, 1.54) is 4.90 Å². The van der Waals surface area contributed by atoms with E-state index in [0.717, 1.165) is 6.42 Å². The Kier molecular flexibility index (Phi) is 3.01. The van der Waals surface area contributed by atoms with Crippen LogP contribution in [0.2, 0.25) is 0 Å². The van der Waals surface area contributed by atoms with Gasteiger partial charge in [-0.3, -0.25) is 14.5 Å². The average Bonchev–Trinajstić information content (AvgIpc) is 3.01. The summed E-state index contributed by atoms with van der Waals surface area (Å²) in [5, 5.41) is 9.52. The Morgan fingerprint density at radius 2 is 1.74 bits per heavy atom. The van der Waals surface area contributed by atoms with Crippen LogP contribution in [0.3, 0.4) is 0 Å². The number of carbonyl (C=O) groups excluding carboxylic acids is 2. The number of aliphatic hydroxyl groups excluding tert-OH is 1. The van der Waals surface area contributed by atoms with Gasteiger partial charge in [0.15, 0.2) is 0 Å². The molecule has 2 bridgehead atoms. The van der Waals surface area contributed by atoms with E-state index in [4.69, 9.17) is 0 Å². The second kappa shape index (κ2) is 4.44. The molecule has 4 heteroatoms. The molecule has 2 fully saturated rings. The van der Waals surface area contributed by atoms with E-state index in [1.807, 2.05) is 13.8 Å². The Balaban J connectivity index is 1.85. The van der Waals surface area contributed by atoms with Crippen LogP contribution in [0.5, 0.6) is 0 Å². The molecule has 0 aromatic rings. The summed E-state index contributed by atoms with van der Waals surface area (Å²) in [5.74, 6) is 0.447. The van der Waals surface area contributed by atoms with Crippen LogP contribution in [0.1, 0.15) is 26.7 Å². The van der Waals surface area contributed by atoms with Gasteiger partial charge in [-0.1, -0.05) is 26.0 Å². The van der Waals surface area contributed by atoms with E-state index in [-0.39, 0.29) is 48.1 Å². The van der Waals surface area contributed by atoms with Crippen molar-refractivity contribution in [2.45, 2.75) is 32.7 Å². The fourth-order valence-electron chi connectivity index (χ4n) is 4.09. The number of hydrogen-bond acceptors (Lipinski definition) is 3. The first-order valence-electron chi connectivity index (χ1n) is 7.20. The first kappa shape index (κ1) is 12.9. The quantitative estimate of drug-likeness (QED) is 0.612. The number of hydrogen-bond donors (Lipinski definition) is 1. The Morgan fingerprint density at radius 3 is 2.16 bits per heavy atom. The summed E-state index contributed by atoms with van der Waals surface area (Å²) >= 11 is 0. The van der Waals surface area contributed by atoms with E-state index >= 15 is 0 Å². The molecule has 1 N–H and O–H groups in total. The van der Waals surface area contributed by atoms with Crippen LogP contribution in [-0.4, -0.2) is 34.5 Å². The number of imide groups is 1. The van der Waals surface area contributed by atoms with Crippen molar-refractivity contribution in [3.63, 3.8) is 0 Å². The summed E-state index contributed by atoms with van der Waals surface area (Å²) in [6, 6.07) is -0.343. The predicted octanol–water partition coefficient (Wildman–Crippen LogP) is 1.20. The van der Waals surface area contributed by atoms with Crippen molar-refractivity contribution in [3.8, 4) is 0 Å². The van der Waals surface area contributed by atoms with Crippen LogP contribution < -0.4 is 0 Å². The van der Waals surface area contributed by atoms with Crippen LogP contribution in [0, 0.1) is 29.6 Å². The van der Waals surface area contributed by atoms with E-state index in [2.05, 4.69) is 12.2 Å². The number of allylic oxidation sites excluding steroid dienone is 2. The molecule has 104 valence electrons. The van der Waals surface area contributed by atoms with Gasteiger partial charge in [0.05, 0.1) is 24.5 Å². The summed E-state index contributed by atoms with van der Waals surface area (Å²) in [6.45, 7) is 3.96. The highest BCUT2D eigenvalue weighted by molar-refractivity contribution is 6.06. The number of nitrogens with zero attached hydrogens (tertiary/aromatic N) is 1. The Bertz CT molecular complexity index is 413. The number of aliphatic hydroxyl groups is 1. The van der Waals surface area contributed by atoms with Gasteiger partial charge in [0, 0.05) is 0 Å². The summed E-state index contributed by atoms with van der Waals surface area (Å²) in [4.78, 5) is 26.4. The lowest BCUT2D eigenvalue weighted by Crippen LogP contribution is -2.44. The maximum atomic E-state index is 12.5. The van der Waals surface area contributed by atoms with Gasteiger partial charge in [-0.2, -0.15) is 0 Å². The highest BCUT2D eigenvalue weighted by Gasteiger charge is 2.60. The smallest absolute Gasteiger partial charge is 0.234 e. The van der Waals surface area contributed by atoms with Crippen molar-refractivity contribution in [2.75, 3.05) is 6.61 Å². The highest BCUT2D eigenvalue weighted by Crippen LogP contribution is 2.52. The predicted molar refractivity (Wildman–Crippen MR) is 69.9 cm³/mol. The lowest BCUT2D eigenvalue weighted by molar-refractivity contribution is -0.144. The fourth-order valence-corrected chi connectivity index (χ4v) is 4.09. The average molecular weight is 263 g/mol. The number of amides is 2. The highest BCUT2D eigenvalue weighted by atomic mass is 16.3. The van der Waals surface area contributed by atoms with E-state index < -0.39 is 0 Å². The number of fused-ring (bicyclic) bond motifs is 5. The van der Waals surface area contributed by atoms with Crippen molar-refractivity contribution >= 4 is 11.8 Å². The van der Waals surface area contributed by atoms with Crippen LogP contribution in [-0.2, 0) is 9.59 Å². The van der Waals surface area contributed by atoms with Crippen molar-refractivity contribution in [3.05, 3.63) is 12.2 Å². The zero-order valence-electron chi connectivity index (χ0n) is 11.5. The number of carbonyl (C=O) groups is 2. The van der Waals surface area contributed by atoms with Gasteiger partial charge in [-0.05, 0) is 30.6 Å². The third kappa shape index (κ3) is 1.76.